The van der Waals surface area contributed by atoms with Crippen LogP contribution in [0.15, 0.2) is 0 Å². The number of carbonyl (C=O) groups excluding carboxylic acids is 2. The van der Waals surface area contributed by atoms with Crippen molar-refractivity contribution in [2.24, 2.45) is 0 Å². The average molecular weight is 476 g/mol. The summed E-state index contributed by atoms with van der Waals surface area (Å²) in [5, 5.41) is 41.7. The van der Waals surface area contributed by atoms with Gasteiger partial charge < -0.3 is 30.0 Å². The van der Waals surface area contributed by atoms with Crippen LogP contribution in [-0.2, 0) is 31.3 Å². The maximum atomic E-state index is 10.7. The second-order valence-corrected chi connectivity index (χ2v) is 8.14. The van der Waals surface area contributed by atoms with Crippen LogP contribution in [0.3, 0.4) is 0 Å². The fourth-order valence-electron chi connectivity index (χ4n) is 3.16. The van der Waals surface area contributed by atoms with Gasteiger partial charge >= 0.3 is 21.7 Å². The number of hydrogen-bond acceptors (Lipinski definition) is 6. The fourth-order valence-corrected chi connectivity index (χ4v) is 3.16. The number of carbonyl (C=O) groups is 2. The van der Waals surface area contributed by atoms with Crippen LogP contribution >= 0.6 is 0 Å². The summed E-state index contributed by atoms with van der Waals surface area (Å²) in [6, 6.07) is 0. The zero-order valence-corrected chi connectivity index (χ0v) is 21.4. The minimum Gasteiger partial charge on any atom is -0.848 e. The molecule has 7 heteroatoms. The summed E-state index contributed by atoms with van der Waals surface area (Å²) in [7, 11) is 0. The van der Waals surface area contributed by atoms with Crippen LogP contribution in [0, 0.1) is 0 Å². The molecule has 31 heavy (non-hydrogen) atoms. The van der Waals surface area contributed by atoms with Crippen LogP contribution in [0.1, 0.15) is 129 Å². The molecule has 0 rings (SSSR count). The third-order valence-electron chi connectivity index (χ3n) is 5.17. The molecule has 180 valence electrons. The first-order valence-corrected chi connectivity index (χ1v) is 12.1. The van der Waals surface area contributed by atoms with E-state index in [1.165, 1.54) is 64.2 Å². The Labute approximate surface area is 205 Å². The first kappa shape index (κ1) is 35.2. The van der Waals surface area contributed by atoms with Crippen molar-refractivity contribution in [3.8, 4) is 0 Å². The van der Waals surface area contributed by atoms with Gasteiger partial charge in [0.05, 0.1) is 0 Å². The third kappa shape index (κ3) is 29.6. The van der Waals surface area contributed by atoms with Gasteiger partial charge in [0.25, 0.3) is 0 Å². The van der Waals surface area contributed by atoms with Crippen LogP contribution < -0.4 is 20.4 Å². The van der Waals surface area contributed by atoms with E-state index in [4.69, 9.17) is 0 Å². The van der Waals surface area contributed by atoms with Gasteiger partial charge in [-0.15, -0.1) is 0 Å². The Morgan fingerprint density at radius 2 is 0.742 bits per heavy atom. The largest absolute Gasteiger partial charge is 4.00 e. The Balaban J connectivity index is -0.000000490. The molecule has 0 aliphatic rings. The summed E-state index contributed by atoms with van der Waals surface area (Å²) in [6.45, 7) is 4.38. The Morgan fingerprint density at radius 1 is 0.516 bits per heavy atom. The molecular formula is C24H44O6Ti. The van der Waals surface area contributed by atoms with E-state index in [-0.39, 0.29) is 34.6 Å². The molecule has 6 nitrogen and oxygen atoms in total. The van der Waals surface area contributed by atoms with Crippen molar-refractivity contribution in [3.05, 3.63) is 0 Å². The molecule has 0 spiro atoms. The molecular weight excluding hydrogens is 432 g/mol. The van der Waals surface area contributed by atoms with Crippen molar-refractivity contribution in [1.82, 2.24) is 0 Å². The van der Waals surface area contributed by atoms with Crippen molar-refractivity contribution in [2.45, 2.75) is 142 Å². The van der Waals surface area contributed by atoms with Gasteiger partial charge in [-0.2, -0.15) is 0 Å². The van der Waals surface area contributed by atoms with Crippen LogP contribution in [0.4, 0.5) is 0 Å². The predicted octanol–water partition coefficient (Wildman–Crippen LogP) is 1.99. The van der Waals surface area contributed by atoms with Crippen molar-refractivity contribution in [1.29, 1.82) is 0 Å². The van der Waals surface area contributed by atoms with Crippen LogP contribution in [0.2, 0.25) is 0 Å². The van der Waals surface area contributed by atoms with E-state index in [9.17, 15) is 30.0 Å². The number of rotatable bonds is 20. The molecule has 0 saturated carbocycles. The topological polar surface area (TPSA) is 126 Å². The van der Waals surface area contributed by atoms with Gasteiger partial charge in [-0.25, -0.2) is 0 Å². The maximum Gasteiger partial charge on any atom is 4.00 e. The normalized spacial score (nSPS) is 12.3. The van der Waals surface area contributed by atoms with Gasteiger partial charge in [-0.05, 0) is 0 Å². The zero-order valence-electron chi connectivity index (χ0n) is 19.8. The van der Waals surface area contributed by atoms with Crippen LogP contribution in [0.5, 0.6) is 0 Å². The molecule has 0 aromatic rings. The number of aliphatic carboxylic acids is 2. The van der Waals surface area contributed by atoms with Crippen LogP contribution in [-0.4, -0.2) is 24.1 Å². The quantitative estimate of drug-likeness (QED) is 0.195. The molecule has 0 aliphatic heterocycles. The van der Waals surface area contributed by atoms with E-state index < -0.39 is 24.1 Å². The molecule has 0 aromatic carbocycles. The van der Waals surface area contributed by atoms with Crippen LogP contribution in [0.25, 0.3) is 0 Å². The van der Waals surface area contributed by atoms with E-state index in [1.807, 2.05) is 0 Å². The maximum absolute atomic E-state index is 10.7. The van der Waals surface area contributed by atoms with Crippen molar-refractivity contribution in [3.63, 3.8) is 0 Å². The van der Waals surface area contributed by atoms with E-state index in [1.54, 1.807) is 0 Å². The first-order chi connectivity index (χ1) is 14.4. The van der Waals surface area contributed by atoms with Crippen molar-refractivity contribution >= 4 is 11.9 Å². The minimum absolute atomic E-state index is 0. The molecule has 0 aliphatic carbocycles. The number of carboxylic acid groups (broad SMARTS) is 2. The molecule has 0 amide bonds. The minimum atomic E-state index is -1.52. The van der Waals surface area contributed by atoms with Gasteiger partial charge in [0.2, 0.25) is 0 Å². The van der Waals surface area contributed by atoms with Gasteiger partial charge in [0.1, 0.15) is 0 Å². The fraction of sp³-hybridized carbons (Fsp3) is 0.917. The molecule has 0 heterocycles. The molecule has 0 bridgehead atoms. The zero-order chi connectivity index (χ0) is 23.0. The predicted molar refractivity (Wildman–Crippen MR) is 112 cm³/mol. The summed E-state index contributed by atoms with van der Waals surface area (Å²) in [4.78, 5) is 20.2. The van der Waals surface area contributed by atoms with Crippen molar-refractivity contribution < 1.29 is 51.7 Å². The Hall–Kier alpha value is -0.426. The Bertz CT molecular complexity index is 356. The molecule has 0 saturated heterocycles. The number of unbranched alkanes of at least 4 members (excludes halogenated alkanes) is 14. The van der Waals surface area contributed by atoms with Gasteiger partial charge in [0.15, 0.2) is 0 Å². The summed E-state index contributed by atoms with van der Waals surface area (Å²) in [6.07, 6.45) is 15.6. The summed E-state index contributed by atoms with van der Waals surface area (Å²) < 4.78 is 0. The Morgan fingerprint density at radius 3 is 0.968 bits per heavy atom. The standard InChI is InChI=1S/2C12H23O3.Ti/c2*1-2-3-4-5-6-7-8-9-10-11(13)12(14)15;/h2*11H,2-10H2,1H3,(H,14,15);/q2*-1;+4/p-2. The second-order valence-electron chi connectivity index (χ2n) is 8.14. The molecule has 0 N–H and O–H groups in total. The van der Waals surface area contributed by atoms with E-state index in [2.05, 4.69) is 13.8 Å². The average Bonchev–Trinajstić information content (AvgIpc) is 2.71. The SMILES string of the molecule is CCCCCCCCCCC([O-])C(=O)[O-].CCCCCCCCCCC([O-])C(=O)[O-].[Ti+4]. The van der Waals surface area contributed by atoms with E-state index >= 15 is 0 Å². The van der Waals surface area contributed by atoms with Gasteiger partial charge in [0, 0.05) is 11.9 Å². The van der Waals surface area contributed by atoms with Gasteiger partial charge in [-0.1, -0.05) is 142 Å². The number of hydrogen-bond donors (Lipinski definition) is 0. The van der Waals surface area contributed by atoms with E-state index in [0.29, 0.717) is 0 Å². The molecule has 0 fully saturated rings. The molecule has 2 atom stereocenters. The molecule has 0 radical (unpaired) electrons. The first-order valence-electron chi connectivity index (χ1n) is 12.1. The molecule has 2 unspecified atom stereocenters. The van der Waals surface area contributed by atoms with Gasteiger partial charge in [-0.3, -0.25) is 0 Å². The summed E-state index contributed by atoms with van der Waals surface area (Å²) in [5.41, 5.74) is 0. The summed E-state index contributed by atoms with van der Waals surface area (Å²) in [5.74, 6) is -2.92. The summed E-state index contributed by atoms with van der Waals surface area (Å²) >= 11 is 0. The third-order valence-corrected chi connectivity index (χ3v) is 5.17. The van der Waals surface area contributed by atoms with Crippen molar-refractivity contribution in [2.75, 3.05) is 0 Å². The van der Waals surface area contributed by atoms with E-state index in [0.717, 1.165) is 38.5 Å². The monoisotopic (exact) mass is 476 g/mol. The number of carboxylic acids is 2. The Kier molecular flexibility index (Phi) is 31.3. The smallest absolute Gasteiger partial charge is 0.848 e. The second kappa shape index (κ2) is 27.6. The molecule has 0 aromatic heterocycles.